The third-order valence-electron chi connectivity index (χ3n) is 4.78. The van der Waals surface area contributed by atoms with E-state index in [0.29, 0.717) is 49.9 Å². The first-order valence-electron chi connectivity index (χ1n) is 9.75. The Labute approximate surface area is 192 Å². The van der Waals surface area contributed by atoms with E-state index in [1.165, 1.54) is 16.3 Å². The first kappa shape index (κ1) is 20.4. The average Bonchev–Trinajstić information content (AvgIpc) is 3.27. The molecule has 2 aromatic carbocycles. The van der Waals surface area contributed by atoms with Gasteiger partial charge < -0.3 is 4.52 Å². The Hall–Kier alpha value is -3.49. The summed E-state index contributed by atoms with van der Waals surface area (Å²) in [6, 6.07) is 18.3. The van der Waals surface area contributed by atoms with E-state index in [1.807, 2.05) is 55.5 Å². The zero-order valence-corrected chi connectivity index (χ0v) is 18.5. The number of thioether (sulfide) groups is 1. The van der Waals surface area contributed by atoms with Crippen LogP contribution in [0.5, 0.6) is 0 Å². The number of pyridine rings is 1. The lowest BCUT2D eigenvalue weighted by Crippen LogP contribution is -2.22. The minimum Gasteiger partial charge on any atom is -0.334 e. The van der Waals surface area contributed by atoms with Gasteiger partial charge in [-0.05, 0) is 48.9 Å². The summed E-state index contributed by atoms with van der Waals surface area (Å²) in [6.45, 7) is 1.95. The van der Waals surface area contributed by atoms with E-state index >= 15 is 0 Å². The number of benzene rings is 2. The highest BCUT2D eigenvalue weighted by Crippen LogP contribution is 2.28. The quantitative estimate of drug-likeness (QED) is 0.266. The van der Waals surface area contributed by atoms with Crippen molar-refractivity contribution in [1.29, 1.82) is 0 Å². The van der Waals surface area contributed by atoms with Crippen LogP contribution in [0, 0.1) is 6.92 Å². The van der Waals surface area contributed by atoms with Gasteiger partial charge in [-0.3, -0.25) is 4.79 Å². The van der Waals surface area contributed by atoms with Crippen molar-refractivity contribution in [2.24, 2.45) is 0 Å². The van der Waals surface area contributed by atoms with Gasteiger partial charge in [-0.25, -0.2) is 14.5 Å². The van der Waals surface area contributed by atoms with Crippen molar-refractivity contribution in [2.45, 2.75) is 17.8 Å². The number of nitrogens with zero attached hydrogens (tertiary/aromatic N) is 5. The van der Waals surface area contributed by atoms with Gasteiger partial charge in [0.1, 0.15) is 5.82 Å². The fraction of sp³-hybridized carbons (Fsp3) is 0.0870. The molecule has 0 N–H and O–H groups in total. The fourth-order valence-corrected chi connectivity index (χ4v) is 4.30. The molecule has 5 aromatic rings. The topological polar surface area (TPSA) is 86.7 Å². The summed E-state index contributed by atoms with van der Waals surface area (Å²) < 4.78 is 6.91. The molecule has 0 spiro atoms. The van der Waals surface area contributed by atoms with Crippen LogP contribution in [0.2, 0.25) is 5.02 Å². The monoisotopic (exact) mass is 461 g/mol. The van der Waals surface area contributed by atoms with Crippen LogP contribution in [0.15, 0.2) is 81.3 Å². The molecule has 9 heteroatoms. The maximum absolute atomic E-state index is 13.3. The Morgan fingerprint density at radius 2 is 1.88 bits per heavy atom. The number of hydrogen-bond acceptors (Lipinski definition) is 7. The molecule has 0 bridgehead atoms. The Morgan fingerprint density at radius 1 is 1.06 bits per heavy atom. The third kappa shape index (κ3) is 3.90. The number of fused-ring (bicyclic) bond motifs is 1. The number of halogens is 1. The van der Waals surface area contributed by atoms with Gasteiger partial charge in [-0.1, -0.05) is 52.8 Å². The lowest BCUT2D eigenvalue weighted by molar-refractivity contribution is 0.425. The van der Waals surface area contributed by atoms with Crippen LogP contribution in [-0.4, -0.2) is 24.7 Å². The van der Waals surface area contributed by atoms with Crippen molar-refractivity contribution in [3.05, 3.63) is 93.6 Å². The molecule has 0 unspecified atom stereocenters. The van der Waals surface area contributed by atoms with E-state index in [-0.39, 0.29) is 5.56 Å². The largest absolute Gasteiger partial charge is 0.334 e. The van der Waals surface area contributed by atoms with Gasteiger partial charge in [0.25, 0.3) is 11.4 Å². The molecule has 0 fully saturated rings. The summed E-state index contributed by atoms with van der Waals surface area (Å²) in [5, 5.41) is 5.61. The van der Waals surface area contributed by atoms with E-state index in [4.69, 9.17) is 21.1 Å². The van der Waals surface area contributed by atoms with Gasteiger partial charge in [0, 0.05) is 6.20 Å². The van der Waals surface area contributed by atoms with Crippen LogP contribution in [0.4, 0.5) is 0 Å². The summed E-state index contributed by atoms with van der Waals surface area (Å²) in [4.78, 5) is 26.9. The van der Waals surface area contributed by atoms with E-state index < -0.39 is 0 Å². The standard InChI is InChI=1S/C23H16ClN5O2S/c1-14-10-11-25-20(12-14)29-22(30)16-7-3-5-9-18(16)26-23(29)32-13-19-27-21(31-28-19)15-6-2-4-8-17(15)24/h2-12H,13H2,1H3. The van der Waals surface area contributed by atoms with E-state index in [1.54, 1.807) is 18.3 Å². The second kappa shape index (κ2) is 8.57. The second-order valence-electron chi connectivity index (χ2n) is 7.03. The van der Waals surface area contributed by atoms with Gasteiger partial charge in [-0.15, -0.1) is 0 Å². The van der Waals surface area contributed by atoms with Gasteiger partial charge in [0.2, 0.25) is 0 Å². The maximum Gasteiger partial charge on any atom is 0.267 e. The smallest absolute Gasteiger partial charge is 0.267 e. The van der Waals surface area contributed by atoms with Crippen LogP contribution in [0.3, 0.4) is 0 Å². The summed E-state index contributed by atoms with van der Waals surface area (Å²) >= 11 is 7.56. The molecular weight excluding hydrogens is 446 g/mol. The predicted octanol–water partition coefficient (Wildman–Crippen LogP) is 5.08. The molecule has 0 aliphatic rings. The summed E-state index contributed by atoms with van der Waals surface area (Å²) in [6.07, 6.45) is 1.68. The molecule has 7 nitrogen and oxygen atoms in total. The molecule has 0 saturated heterocycles. The van der Waals surface area contributed by atoms with E-state index in [0.717, 1.165) is 5.56 Å². The van der Waals surface area contributed by atoms with Gasteiger partial charge in [-0.2, -0.15) is 4.98 Å². The number of aromatic nitrogens is 5. The number of hydrogen-bond donors (Lipinski definition) is 0. The highest BCUT2D eigenvalue weighted by atomic mass is 35.5. The Kier molecular flexibility index (Phi) is 5.46. The van der Waals surface area contributed by atoms with Crippen LogP contribution in [-0.2, 0) is 5.75 Å². The Balaban J connectivity index is 1.53. The highest BCUT2D eigenvalue weighted by molar-refractivity contribution is 7.98. The first-order valence-corrected chi connectivity index (χ1v) is 11.1. The van der Waals surface area contributed by atoms with Crippen molar-refractivity contribution in [3.63, 3.8) is 0 Å². The van der Waals surface area contributed by atoms with Crippen molar-refractivity contribution >= 4 is 34.3 Å². The van der Waals surface area contributed by atoms with Crippen molar-refractivity contribution in [3.8, 4) is 17.3 Å². The number of rotatable bonds is 5. The highest BCUT2D eigenvalue weighted by Gasteiger charge is 2.17. The van der Waals surface area contributed by atoms with Crippen LogP contribution < -0.4 is 5.56 Å². The summed E-state index contributed by atoms with van der Waals surface area (Å²) in [5.74, 6) is 1.68. The van der Waals surface area contributed by atoms with E-state index in [2.05, 4.69) is 15.1 Å². The van der Waals surface area contributed by atoms with E-state index in [9.17, 15) is 4.79 Å². The summed E-state index contributed by atoms with van der Waals surface area (Å²) in [7, 11) is 0. The molecule has 32 heavy (non-hydrogen) atoms. The van der Waals surface area contributed by atoms with Gasteiger partial charge >= 0.3 is 0 Å². The minimum atomic E-state index is -0.180. The first-order chi connectivity index (χ1) is 15.6. The second-order valence-corrected chi connectivity index (χ2v) is 8.38. The fourth-order valence-electron chi connectivity index (χ4n) is 3.24. The lowest BCUT2D eigenvalue weighted by Gasteiger charge is -2.12. The molecule has 5 rings (SSSR count). The zero-order valence-electron chi connectivity index (χ0n) is 16.9. The van der Waals surface area contributed by atoms with Crippen molar-refractivity contribution in [2.75, 3.05) is 0 Å². The zero-order chi connectivity index (χ0) is 22.1. The molecule has 0 saturated carbocycles. The molecule has 158 valence electrons. The molecule has 0 aliphatic carbocycles. The molecule has 0 radical (unpaired) electrons. The van der Waals surface area contributed by atoms with Crippen molar-refractivity contribution < 1.29 is 4.52 Å². The van der Waals surface area contributed by atoms with Gasteiger partial charge in [0.15, 0.2) is 11.0 Å². The van der Waals surface area contributed by atoms with Gasteiger partial charge in [0.05, 0.1) is 27.2 Å². The number of aryl methyl sites for hydroxylation is 1. The Bertz CT molecular complexity index is 1500. The van der Waals surface area contributed by atoms with Crippen LogP contribution in [0.25, 0.3) is 28.2 Å². The predicted molar refractivity (Wildman–Crippen MR) is 124 cm³/mol. The molecular formula is C23H16ClN5O2S. The average molecular weight is 462 g/mol. The molecule has 0 amide bonds. The summed E-state index contributed by atoms with van der Waals surface area (Å²) in [5.41, 5.74) is 2.10. The Morgan fingerprint density at radius 3 is 2.72 bits per heavy atom. The minimum absolute atomic E-state index is 0.180. The normalized spacial score (nSPS) is 11.2. The maximum atomic E-state index is 13.3. The number of para-hydroxylation sites is 1. The molecule has 3 heterocycles. The third-order valence-corrected chi connectivity index (χ3v) is 6.04. The lowest BCUT2D eigenvalue weighted by atomic mass is 10.2. The SMILES string of the molecule is Cc1ccnc(-n2c(SCc3noc(-c4ccccc4Cl)n3)nc3ccccc3c2=O)c1. The van der Waals surface area contributed by atoms with Crippen LogP contribution in [0.1, 0.15) is 11.4 Å². The molecule has 3 aromatic heterocycles. The van der Waals surface area contributed by atoms with Crippen LogP contribution >= 0.6 is 23.4 Å². The van der Waals surface area contributed by atoms with Crippen molar-refractivity contribution in [1.82, 2.24) is 24.7 Å². The molecule has 0 atom stereocenters. The molecule has 0 aliphatic heterocycles.